The lowest BCUT2D eigenvalue weighted by Gasteiger charge is -2.29. The normalized spacial score (nSPS) is 14.1. The number of ether oxygens (including phenoxy) is 3. The molecular weight excluding hydrogens is 488 g/mol. The molecule has 0 bridgehead atoms. The lowest BCUT2D eigenvalue weighted by Crippen LogP contribution is -2.15. The van der Waals surface area contributed by atoms with E-state index in [0.29, 0.717) is 17.4 Å². The van der Waals surface area contributed by atoms with E-state index in [2.05, 4.69) is 47.4 Å². The highest BCUT2D eigenvalue weighted by Gasteiger charge is 2.34. The smallest absolute Gasteiger partial charge is 0.228 e. The molecule has 7 rings (SSSR count). The zero-order valence-electron chi connectivity index (χ0n) is 21.9. The van der Waals surface area contributed by atoms with Crippen LogP contribution >= 0.6 is 0 Å². The van der Waals surface area contributed by atoms with Gasteiger partial charge in [0.25, 0.3) is 0 Å². The van der Waals surface area contributed by atoms with Crippen molar-refractivity contribution in [2.75, 3.05) is 7.11 Å². The Morgan fingerprint density at radius 1 is 0.872 bits per heavy atom. The van der Waals surface area contributed by atoms with Crippen LogP contribution in [-0.2, 0) is 6.61 Å². The molecule has 7 heteroatoms. The second-order valence-electron chi connectivity index (χ2n) is 9.78. The van der Waals surface area contributed by atoms with Crippen molar-refractivity contribution in [2.24, 2.45) is 0 Å². The average molecular weight is 515 g/mol. The maximum Gasteiger partial charge on any atom is 0.228 e. The second kappa shape index (κ2) is 9.13. The van der Waals surface area contributed by atoms with E-state index in [4.69, 9.17) is 24.3 Å². The summed E-state index contributed by atoms with van der Waals surface area (Å²) in [6.07, 6.45) is 1.65. The predicted molar refractivity (Wildman–Crippen MR) is 149 cm³/mol. The topological polar surface area (TPSA) is 70.8 Å². The van der Waals surface area contributed by atoms with Crippen molar-refractivity contribution in [1.29, 1.82) is 0 Å². The Bertz CT molecular complexity index is 1840. The molecule has 1 atom stereocenters. The van der Waals surface area contributed by atoms with E-state index in [1.165, 1.54) is 0 Å². The first-order valence-electron chi connectivity index (χ1n) is 12.9. The second-order valence-corrected chi connectivity index (χ2v) is 9.78. The average Bonchev–Trinajstić information content (AvgIpc) is 3.39. The number of para-hydroxylation sites is 1. The third kappa shape index (κ3) is 3.85. The largest absolute Gasteiger partial charge is 0.497 e. The minimum Gasteiger partial charge on any atom is -0.497 e. The predicted octanol–water partition coefficient (Wildman–Crippen LogP) is 6.77. The van der Waals surface area contributed by atoms with Gasteiger partial charge in [0.2, 0.25) is 5.88 Å². The fraction of sp³-hybridized carbons (Fsp3) is 0.156. The van der Waals surface area contributed by atoms with Crippen LogP contribution in [0.2, 0.25) is 0 Å². The number of methoxy groups -OCH3 is 1. The summed E-state index contributed by atoms with van der Waals surface area (Å²) in [5.74, 6) is 3.38. The summed E-state index contributed by atoms with van der Waals surface area (Å²) in [5, 5.41) is 6.98. The fourth-order valence-corrected chi connectivity index (χ4v) is 5.50. The van der Waals surface area contributed by atoms with Crippen LogP contribution in [0.25, 0.3) is 16.4 Å². The number of aromatic nitrogens is 4. The summed E-state index contributed by atoms with van der Waals surface area (Å²) in [6.45, 7) is 4.33. The van der Waals surface area contributed by atoms with Gasteiger partial charge in [-0.15, -0.1) is 5.10 Å². The number of nitrogens with zero attached hydrogens (tertiary/aromatic N) is 4. The Labute approximate surface area is 225 Å². The fourth-order valence-electron chi connectivity index (χ4n) is 5.50. The van der Waals surface area contributed by atoms with Gasteiger partial charge in [-0.3, -0.25) is 0 Å². The molecule has 0 radical (unpaired) electrons. The molecular formula is C32H26N4O3. The van der Waals surface area contributed by atoms with Crippen molar-refractivity contribution >= 4 is 16.4 Å². The minimum atomic E-state index is -0.173. The van der Waals surface area contributed by atoms with E-state index in [9.17, 15) is 0 Å². The molecule has 0 spiro atoms. The van der Waals surface area contributed by atoms with Crippen LogP contribution in [0.4, 0.5) is 0 Å². The molecule has 3 heterocycles. The maximum atomic E-state index is 6.41. The molecule has 0 aliphatic carbocycles. The van der Waals surface area contributed by atoms with Crippen LogP contribution in [0.15, 0.2) is 85.2 Å². The molecule has 1 aliphatic rings. The van der Waals surface area contributed by atoms with Crippen LogP contribution in [0.5, 0.6) is 23.1 Å². The van der Waals surface area contributed by atoms with Crippen LogP contribution < -0.4 is 14.2 Å². The van der Waals surface area contributed by atoms with Crippen molar-refractivity contribution in [2.45, 2.75) is 26.4 Å². The molecule has 39 heavy (non-hydrogen) atoms. The Hall–Kier alpha value is -4.91. The molecule has 0 saturated heterocycles. The zero-order valence-corrected chi connectivity index (χ0v) is 21.9. The highest BCUT2D eigenvalue weighted by molar-refractivity contribution is 5.90. The standard InChI is InChI=1S/C32H26N4O3/c1-19-7-6-8-20(2)30(19)38-17-26-34-31-29-27(22-11-14-23(37-3)15-12-22)28-24-10-5-4-9-21(24)13-16-25(28)39-32(29)33-18-36(31)35-26/h4-16,18,27H,17H2,1-3H3/t27-/m0/s1. The lowest BCUT2D eigenvalue weighted by atomic mass is 9.81. The highest BCUT2D eigenvalue weighted by Crippen LogP contribution is 2.50. The van der Waals surface area contributed by atoms with Crippen molar-refractivity contribution in [1.82, 2.24) is 19.6 Å². The molecule has 0 saturated carbocycles. The zero-order chi connectivity index (χ0) is 26.5. The number of hydrogen-bond donors (Lipinski definition) is 0. The number of rotatable bonds is 5. The molecule has 192 valence electrons. The number of aryl methyl sites for hydroxylation is 2. The number of fused-ring (bicyclic) bond motifs is 6. The molecule has 6 aromatic rings. The van der Waals surface area contributed by atoms with Crippen molar-refractivity contribution in [3.8, 4) is 23.1 Å². The SMILES string of the molecule is COc1ccc([C@H]2c3c(ccc4ccccc34)Oc3ncn4nc(COc5c(C)cccc5C)nc4c32)cc1. The Kier molecular flexibility index (Phi) is 5.44. The van der Waals surface area contributed by atoms with Crippen molar-refractivity contribution < 1.29 is 14.2 Å². The van der Waals surface area contributed by atoms with Gasteiger partial charge in [-0.2, -0.15) is 0 Å². The lowest BCUT2D eigenvalue weighted by molar-refractivity contribution is 0.292. The molecule has 2 aromatic heterocycles. The van der Waals surface area contributed by atoms with Gasteiger partial charge in [-0.1, -0.05) is 60.7 Å². The van der Waals surface area contributed by atoms with E-state index >= 15 is 0 Å². The molecule has 0 unspecified atom stereocenters. The van der Waals surface area contributed by atoms with Gasteiger partial charge in [-0.05, 0) is 59.5 Å². The third-order valence-electron chi connectivity index (χ3n) is 7.35. The van der Waals surface area contributed by atoms with Gasteiger partial charge in [0, 0.05) is 11.5 Å². The number of hydrogen-bond acceptors (Lipinski definition) is 6. The summed E-state index contributed by atoms with van der Waals surface area (Å²) in [4.78, 5) is 9.61. The Morgan fingerprint density at radius 2 is 1.67 bits per heavy atom. The van der Waals surface area contributed by atoms with Gasteiger partial charge in [-0.25, -0.2) is 14.5 Å². The van der Waals surface area contributed by atoms with E-state index in [0.717, 1.165) is 55.8 Å². The minimum absolute atomic E-state index is 0.173. The van der Waals surface area contributed by atoms with Gasteiger partial charge < -0.3 is 14.2 Å². The van der Waals surface area contributed by atoms with E-state index in [1.54, 1.807) is 18.0 Å². The first-order valence-corrected chi connectivity index (χ1v) is 12.9. The molecule has 1 aliphatic heterocycles. The molecule has 0 fully saturated rings. The number of benzene rings is 4. The van der Waals surface area contributed by atoms with Crippen LogP contribution in [0, 0.1) is 13.8 Å². The van der Waals surface area contributed by atoms with E-state index in [1.807, 2.05) is 50.2 Å². The van der Waals surface area contributed by atoms with Crippen LogP contribution in [0.1, 0.15) is 39.6 Å². The molecule has 7 nitrogen and oxygen atoms in total. The third-order valence-corrected chi connectivity index (χ3v) is 7.35. The monoisotopic (exact) mass is 514 g/mol. The van der Waals surface area contributed by atoms with Crippen molar-refractivity contribution in [3.63, 3.8) is 0 Å². The quantitative estimate of drug-likeness (QED) is 0.253. The molecule has 4 aromatic carbocycles. The first kappa shape index (κ1) is 23.2. The van der Waals surface area contributed by atoms with Gasteiger partial charge in [0.15, 0.2) is 11.5 Å². The summed E-state index contributed by atoms with van der Waals surface area (Å²) in [7, 11) is 1.67. The molecule has 0 amide bonds. The van der Waals surface area contributed by atoms with E-state index < -0.39 is 0 Å². The summed E-state index contributed by atoms with van der Waals surface area (Å²) >= 11 is 0. The van der Waals surface area contributed by atoms with Crippen LogP contribution in [0.3, 0.4) is 0 Å². The van der Waals surface area contributed by atoms with Crippen molar-refractivity contribution in [3.05, 3.63) is 119 Å². The van der Waals surface area contributed by atoms with Gasteiger partial charge in [0.1, 0.15) is 30.2 Å². The van der Waals surface area contributed by atoms with Crippen LogP contribution in [-0.4, -0.2) is 26.7 Å². The van der Waals surface area contributed by atoms with E-state index in [-0.39, 0.29) is 12.5 Å². The molecule has 0 N–H and O–H groups in total. The Morgan fingerprint density at radius 3 is 2.46 bits per heavy atom. The summed E-state index contributed by atoms with van der Waals surface area (Å²) in [6, 6.07) is 26.7. The maximum absolute atomic E-state index is 6.41. The first-order chi connectivity index (χ1) is 19.1. The summed E-state index contributed by atoms with van der Waals surface area (Å²) in [5.41, 5.74) is 5.89. The van der Waals surface area contributed by atoms with Gasteiger partial charge >= 0.3 is 0 Å². The van der Waals surface area contributed by atoms with Gasteiger partial charge in [0.05, 0.1) is 12.7 Å². The summed E-state index contributed by atoms with van der Waals surface area (Å²) < 4.78 is 19.7. The highest BCUT2D eigenvalue weighted by atomic mass is 16.5. The Balaban J connectivity index is 1.39.